The van der Waals surface area contributed by atoms with E-state index in [2.05, 4.69) is 10.3 Å². The van der Waals surface area contributed by atoms with Gasteiger partial charge in [-0.1, -0.05) is 23.7 Å². The van der Waals surface area contributed by atoms with E-state index in [9.17, 15) is 9.59 Å². The molecule has 2 aromatic carbocycles. The summed E-state index contributed by atoms with van der Waals surface area (Å²) in [4.78, 5) is 28.9. The van der Waals surface area contributed by atoms with Gasteiger partial charge in [0.2, 0.25) is 0 Å². The average molecular weight is 371 g/mol. The molecule has 6 heteroatoms. The number of carbonyl (C=O) groups is 2. The van der Waals surface area contributed by atoms with E-state index in [0.717, 1.165) is 10.6 Å². The van der Waals surface area contributed by atoms with E-state index in [4.69, 9.17) is 11.6 Å². The van der Waals surface area contributed by atoms with Gasteiger partial charge < -0.3 is 5.32 Å². The number of aromatic nitrogens is 1. The number of Topliss-reactive ketones (excluding diaryl/α,β-unsaturated/α-hetero) is 1. The number of nitrogens with one attached hydrogen (secondary N) is 1. The van der Waals surface area contributed by atoms with Gasteiger partial charge in [0.1, 0.15) is 9.88 Å². The van der Waals surface area contributed by atoms with Crippen LogP contribution in [0.4, 0.5) is 5.69 Å². The molecule has 0 fully saturated rings. The Morgan fingerprint density at radius 2 is 1.84 bits per heavy atom. The Labute approximate surface area is 154 Å². The summed E-state index contributed by atoms with van der Waals surface area (Å²) in [5, 5.41) is 4.21. The van der Waals surface area contributed by atoms with Crippen LogP contribution in [-0.2, 0) is 0 Å². The number of aryl methyl sites for hydroxylation is 1. The fraction of sp³-hybridized carbons (Fsp3) is 0.105. The van der Waals surface area contributed by atoms with Crippen molar-refractivity contribution in [2.45, 2.75) is 13.8 Å². The Hall–Kier alpha value is -2.50. The van der Waals surface area contributed by atoms with Crippen molar-refractivity contribution in [2.75, 3.05) is 5.32 Å². The molecule has 0 radical (unpaired) electrons. The molecule has 0 spiro atoms. The Bertz CT molecular complexity index is 948. The number of halogens is 1. The van der Waals surface area contributed by atoms with E-state index >= 15 is 0 Å². The number of benzene rings is 2. The molecular weight excluding hydrogens is 356 g/mol. The lowest BCUT2D eigenvalue weighted by molar-refractivity contribution is 0.101. The van der Waals surface area contributed by atoms with Gasteiger partial charge in [-0.15, -0.1) is 11.3 Å². The van der Waals surface area contributed by atoms with E-state index in [1.54, 1.807) is 37.3 Å². The molecule has 0 aliphatic heterocycles. The highest BCUT2D eigenvalue weighted by Crippen LogP contribution is 2.30. The summed E-state index contributed by atoms with van der Waals surface area (Å²) in [5.41, 5.74) is 2.78. The molecule has 126 valence electrons. The van der Waals surface area contributed by atoms with Gasteiger partial charge in [-0.25, -0.2) is 4.98 Å². The minimum atomic E-state index is -0.223. The predicted octanol–water partition coefficient (Wildman–Crippen LogP) is 5.23. The third-order valence-electron chi connectivity index (χ3n) is 3.62. The van der Waals surface area contributed by atoms with Crippen molar-refractivity contribution >= 4 is 40.3 Å². The van der Waals surface area contributed by atoms with Crippen molar-refractivity contribution in [3.63, 3.8) is 0 Å². The highest BCUT2D eigenvalue weighted by molar-refractivity contribution is 7.17. The lowest BCUT2D eigenvalue weighted by Gasteiger charge is -2.04. The van der Waals surface area contributed by atoms with Gasteiger partial charge in [0.15, 0.2) is 5.78 Å². The van der Waals surface area contributed by atoms with Gasteiger partial charge in [-0.2, -0.15) is 0 Å². The first-order valence-corrected chi connectivity index (χ1v) is 8.79. The zero-order valence-corrected chi connectivity index (χ0v) is 15.2. The maximum Gasteiger partial charge on any atom is 0.267 e. The molecule has 0 aliphatic carbocycles. The smallest absolute Gasteiger partial charge is 0.267 e. The number of anilines is 1. The van der Waals surface area contributed by atoms with Crippen LogP contribution in [0.5, 0.6) is 0 Å². The largest absolute Gasteiger partial charge is 0.321 e. The normalized spacial score (nSPS) is 10.5. The lowest BCUT2D eigenvalue weighted by Crippen LogP contribution is -2.11. The Morgan fingerprint density at radius 1 is 1.12 bits per heavy atom. The Morgan fingerprint density at radius 3 is 2.48 bits per heavy atom. The molecule has 0 saturated carbocycles. The summed E-state index contributed by atoms with van der Waals surface area (Å²) in [6.45, 7) is 3.31. The zero-order valence-electron chi connectivity index (χ0n) is 13.7. The number of carbonyl (C=O) groups excluding carboxylic acids is 2. The Balaban J connectivity index is 1.82. The summed E-state index contributed by atoms with van der Waals surface area (Å²) in [6, 6.07) is 14.2. The highest BCUT2D eigenvalue weighted by Gasteiger charge is 2.16. The first kappa shape index (κ1) is 17.3. The minimum absolute atomic E-state index is 0.0117. The van der Waals surface area contributed by atoms with Gasteiger partial charge in [0, 0.05) is 21.8 Å². The first-order valence-electron chi connectivity index (χ1n) is 7.60. The fourth-order valence-electron chi connectivity index (χ4n) is 2.33. The third kappa shape index (κ3) is 3.95. The molecule has 0 bridgehead atoms. The summed E-state index contributed by atoms with van der Waals surface area (Å²) in [7, 11) is 0. The average Bonchev–Trinajstić information content (AvgIpc) is 2.97. The van der Waals surface area contributed by atoms with Crippen LogP contribution < -0.4 is 5.32 Å². The molecule has 3 aromatic rings. The molecule has 0 saturated heterocycles. The molecule has 1 amide bonds. The summed E-state index contributed by atoms with van der Waals surface area (Å²) in [6.07, 6.45) is 0. The van der Waals surface area contributed by atoms with Gasteiger partial charge in [0.05, 0.1) is 5.69 Å². The summed E-state index contributed by atoms with van der Waals surface area (Å²) in [5.74, 6) is -0.235. The predicted molar refractivity (Wildman–Crippen MR) is 102 cm³/mol. The van der Waals surface area contributed by atoms with Crippen molar-refractivity contribution in [2.24, 2.45) is 0 Å². The van der Waals surface area contributed by atoms with Gasteiger partial charge in [-0.3, -0.25) is 9.59 Å². The molecule has 3 rings (SSSR count). The molecule has 25 heavy (non-hydrogen) atoms. The van der Waals surface area contributed by atoms with Crippen LogP contribution in [0.1, 0.15) is 32.6 Å². The first-order chi connectivity index (χ1) is 11.9. The number of nitrogens with zero attached hydrogens (tertiary/aromatic N) is 1. The van der Waals surface area contributed by atoms with Gasteiger partial charge >= 0.3 is 0 Å². The van der Waals surface area contributed by atoms with Crippen molar-refractivity contribution in [1.29, 1.82) is 0 Å². The van der Waals surface area contributed by atoms with Crippen LogP contribution in [0, 0.1) is 6.92 Å². The van der Waals surface area contributed by atoms with E-state index < -0.39 is 0 Å². The fourth-order valence-corrected chi connectivity index (χ4v) is 3.48. The maximum atomic E-state index is 12.5. The number of hydrogen-bond acceptors (Lipinski definition) is 4. The molecule has 0 aliphatic rings. The number of amides is 1. The topological polar surface area (TPSA) is 59.1 Å². The van der Waals surface area contributed by atoms with E-state index in [1.165, 1.54) is 18.3 Å². The van der Waals surface area contributed by atoms with Crippen molar-refractivity contribution < 1.29 is 9.59 Å². The van der Waals surface area contributed by atoms with Crippen LogP contribution in [-0.4, -0.2) is 16.7 Å². The number of ketones is 1. The summed E-state index contributed by atoms with van der Waals surface area (Å²) >= 11 is 7.34. The van der Waals surface area contributed by atoms with Crippen LogP contribution in [0.2, 0.25) is 5.02 Å². The molecule has 1 aromatic heterocycles. The summed E-state index contributed by atoms with van der Waals surface area (Å²) < 4.78 is 0. The minimum Gasteiger partial charge on any atom is -0.321 e. The molecule has 0 atom stereocenters. The van der Waals surface area contributed by atoms with Crippen LogP contribution in [0.15, 0.2) is 48.5 Å². The second-order valence-electron chi connectivity index (χ2n) is 5.53. The quantitative estimate of drug-likeness (QED) is 0.640. The van der Waals surface area contributed by atoms with Crippen LogP contribution >= 0.6 is 22.9 Å². The monoisotopic (exact) mass is 370 g/mol. The van der Waals surface area contributed by atoms with Crippen LogP contribution in [0.25, 0.3) is 10.6 Å². The number of hydrogen-bond donors (Lipinski definition) is 1. The molecule has 1 heterocycles. The van der Waals surface area contributed by atoms with E-state index in [-0.39, 0.29) is 11.7 Å². The van der Waals surface area contributed by atoms with Crippen molar-refractivity contribution in [3.05, 3.63) is 69.7 Å². The van der Waals surface area contributed by atoms with Crippen molar-refractivity contribution in [3.8, 4) is 10.6 Å². The third-order valence-corrected chi connectivity index (χ3v) is 5.06. The van der Waals surface area contributed by atoms with Gasteiger partial charge in [0.25, 0.3) is 5.91 Å². The number of rotatable bonds is 4. The lowest BCUT2D eigenvalue weighted by atomic mass is 10.1. The molecule has 1 N–H and O–H groups in total. The molecular formula is C19H15ClN2O2S. The van der Waals surface area contributed by atoms with E-state index in [1.807, 2.05) is 18.2 Å². The van der Waals surface area contributed by atoms with Gasteiger partial charge in [-0.05, 0) is 50.2 Å². The maximum absolute atomic E-state index is 12.5. The molecule has 0 unspecified atom stereocenters. The zero-order chi connectivity index (χ0) is 18.0. The SMILES string of the molecule is CC(=O)c1ccc(NC(=O)c2sc(-c3cccc(Cl)c3)nc2C)cc1. The van der Waals surface area contributed by atoms with E-state index in [0.29, 0.717) is 26.8 Å². The second kappa shape index (κ2) is 7.17. The number of thiazole rings is 1. The highest BCUT2D eigenvalue weighted by atomic mass is 35.5. The second-order valence-corrected chi connectivity index (χ2v) is 6.97. The van der Waals surface area contributed by atoms with Crippen molar-refractivity contribution in [1.82, 2.24) is 4.98 Å². The van der Waals surface area contributed by atoms with Crippen LogP contribution in [0.3, 0.4) is 0 Å². The Kier molecular flexibility index (Phi) is 4.97. The molecule has 4 nitrogen and oxygen atoms in total. The standard InChI is InChI=1S/C19H15ClN2O2S/c1-11-17(25-19(21-11)14-4-3-5-15(20)10-14)18(24)22-16-8-6-13(7-9-16)12(2)23/h3-10H,1-2H3,(H,22,24).